The lowest BCUT2D eigenvalue weighted by molar-refractivity contribution is -0.00000675. The Kier molecular flexibility index (Phi) is 7.49. The number of nitrogens with zero attached hydrogens (tertiary/aromatic N) is 1. The molecule has 5 rings (SSSR count). The van der Waals surface area contributed by atoms with Gasteiger partial charge >= 0.3 is 0 Å². The predicted molar refractivity (Wildman–Crippen MR) is 142 cm³/mol. The maximum Gasteiger partial charge on any atom is 0.144 e. The SMILES string of the molecule is COc1c(C[P+](c2ccccc2)(c2ccccc2)c2ccccc2)sc2cc(C#N)ccc12.[Br-]. The van der Waals surface area contributed by atoms with Crippen molar-refractivity contribution in [1.82, 2.24) is 0 Å². The first-order valence-electron chi connectivity index (χ1n) is 10.8. The topological polar surface area (TPSA) is 33.0 Å². The molecule has 1 heterocycles. The van der Waals surface area contributed by atoms with Crippen LogP contribution in [0.4, 0.5) is 0 Å². The van der Waals surface area contributed by atoms with Gasteiger partial charge in [0.15, 0.2) is 0 Å². The zero-order chi connectivity index (χ0) is 22.7. The van der Waals surface area contributed by atoms with Crippen LogP contribution in [0, 0.1) is 11.3 Å². The van der Waals surface area contributed by atoms with Crippen LogP contribution in [0.3, 0.4) is 0 Å². The van der Waals surface area contributed by atoms with Gasteiger partial charge in [-0.25, -0.2) is 0 Å². The van der Waals surface area contributed by atoms with E-state index in [1.54, 1.807) is 18.4 Å². The highest BCUT2D eigenvalue weighted by Gasteiger charge is 2.46. The molecule has 0 aliphatic rings. The number of ether oxygens (including phenoxy) is 1. The van der Waals surface area contributed by atoms with Gasteiger partial charge < -0.3 is 21.7 Å². The highest BCUT2D eigenvalue weighted by Crippen LogP contribution is 2.60. The Morgan fingerprint density at radius 3 is 1.71 bits per heavy atom. The number of fused-ring (bicyclic) bond motifs is 1. The molecular formula is C29H23BrNOPS. The number of hydrogen-bond donors (Lipinski definition) is 0. The van der Waals surface area contributed by atoms with E-state index in [1.165, 1.54) is 20.8 Å². The number of rotatable bonds is 6. The summed E-state index contributed by atoms with van der Waals surface area (Å²) in [5, 5.41) is 14.5. The van der Waals surface area contributed by atoms with Crippen LogP contribution < -0.4 is 37.6 Å². The molecule has 168 valence electrons. The highest BCUT2D eigenvalue weighted by molar-refractivity contribution is 7.95. The summed E-state index contributed by atoms with van der Waals surface area (Å²) >= 11 is 1.74. The molecule has 5 heteroatoms. The van der Waals surface area contributed by atoms with Gasteiger partial charge in [0.2, 0.25) is 0 Å². The molecule has 0 atom stereocenters. The number of benzene rings is 4. The van der Waals surface area contributed by atoms with Crippen LogP contribution in [0.1, 0.15) is 10.4 Å². The van der Waals surface area contributed by atoms with Crippen molar-refractivity contribution < 1.29 is 21.7 Å². The van der Waals surface area contributed by atoms with Crippen LogP contribution in [0.25, 0.3) is 10.1 Å². The van der Waals surface area contributed by atoms with Crippen LogP contribution in [0.2, 0.25) is 0 Å². The largest absolute Gasteiger partial charge is 1.00 e. The lowest BCUT2D eigenvalue weighted by atomic mass is 10.2. The Hall–Kier alpha value is -2.96. The second kappa shape index (κ2) is 10.5. The van der Waals surface area contributed by atoms with Gasteiger partial charge in [0.25, 0.3) is 0 Å². The molecule has 0 amide bonds. The minimum Gasteiger partial charge on any atom is -1.00 e. The Bertz CT molecular complexity index is 1330. The van der Waals surface area contributed by atoms with E-state index in [4.69, 9.17) is 4.74 Å². The first-order chi connectivity index (χ1) is 16.3. The molecule has 4 aromatic carbocycles. The summed E-state index contributed by atoms with van der Waals surface area (Å²) in [5.41, 5.74) is 0.674. The summed E-state index contributed by atoms with van der Waals surface area (Å²) in [7, 11) is -0.277. The molecule has 0 fully saturated rings. The third-order valence-electron chi connectivity index (χ3n) is 6.02. The van der Waals surface area contributed by atoms with Gasteiger partial charge in [-0.1, -0.05) is 54.6 Å². The number of methoxy groups -OCH3 is 1. The third kappa shape index (κ3) is 4.28. The van der Waals surface area contributed by atoms with Crippen molar-refractivity contribution in [3.8, 4) is 11.8 Å². The molecule has 0 unspecified atom stereocenters. The van der Waals surface area contributed by atoms with Crippen molar-refractivity contribution in [2.45, 2.75) is 6.16 Å². The van der Waals surface area contributed by atoms with Crippen LogP contribution in [0.15, 0.2) is 109 Å². The number of hydrogen-bond acceptors (Lipinski definition) is 3. The zero-order valence-electron chi connectivity index (χ0n) is 18.7. The van der Waals surface area contributed by atoms with Crippen molar-refractivity contribution in [2.24, 2.45) is 0 Å². The van der Waals surface area contributed by atoms with E-state index in [2.05, 4.69) is 97.1 Å². The van der Waals surface area contributed by atoms with E-state index in [0.717, 1.165) is 22.0 Å². The van der Waals surface area contributed by atoms with Gasteiger partial charge in [-0.2, -0.15) is 5.26 Å². The molecule has 0 bridgehead atoms. The normalized spacial score (nSPS) is 10.9. The fourth-order valence-electron chi connectivity index (χ4n) is 4.50. The summed E-state index contributed by atoms with van der Waals surface area (Å²) in [6, 6.07) is 40.8. The summed E-state index contributed by atoms with van der Waals surface area (Å²) < 4.78 is 7.06. The van der Waals surface area contributed by atoms with E-state index in [0.29, 0.717) is 5.56 Å². The molecule has 0 radical (unpaired) electrons. The average Bonchev–Trinajstić information content (AvgIpc) is 3.24. The molecular weight excluding hydrogens is 521 g/mol. The van der Waals surface area contributed by atoms with Gasteiger partial charge in [-0.3, -0.25) is 0 Å². The van der Waals surface area contributed by atoms with E-state index in [-0.39, 0.29) is 17.0 Å². The number of halogens is 1. The van der Waals surface area contributed by atoms with Crippen LogP contribution in [-0.2, 0) is 6.16 Å². The number of thiophene rings is 1. The van der Waals surface area contributed by atoms with Gasteiger partial charge in [0.05, 0.1) is 23.6 Å². The Balaban J connectivity index is 0.00000274. The lowest BCUT2D eigenvalue weighted by Crippen LogP contribution is -3.00. The molecule has 0 saturated carbocycles. The summed E-state index contributed by atoms with van der Waals surface area (Å²) in [6.45, 7) is 0. The monoisotopic (exact) mass is 543 g/mol. The van der Waals surface area contributed by atoms with Crippen molar-refractivity contribution in [3.63, 3.8) is 0 Å². The van der Waals surface area contributed by atoms with Crippen molar-refractivity contribution in [1.29, 1.82) is 5.26 Å². The van der Waals surface area contributed by atoms with E-state index in [1.807, 2.05) is 18.2 Å². The zero-order valence-corrected chi connectivity index (χ0v) is 22.0. The first kappa shape index (κ1) is 24.2. The molecule has 0 spiro atoms. The maximum atomic E-state index is 9.39. The lowest BCUT2D eigenvalue weighted by Gasteiger charge is -2.27. The molecule has 0 aliphatic heterocycles. The summed E-state index contributed by atoms with van der Waals surface area (Å²) in [5.74, 6) is 0.923. The van der Waals surface area contributed by atoms with Crippen LogP contribution >= 0.6 is 18.6 Å². The van der Waals surface area contributed by atoms with Gasteiger partial charge in [0.1, 0.15) is 35.1 Å². The molecule has 34 heavy (non-hydrogen) atoms. The Morgan fingerprint density at radius 2 is 1.26 bits per heavy atom. The fraction of sp³-hybridized carbons (Fsp3) is 0.0690. The molecule has 0 aliphatic carbocycles. The van der Waals surface area contributed by atoms with Gasteiger partial charge in [-0.15, -0.1) is 11.3 Å². The van der Waals surface area contributed by atoms with Crippen molar-refractivity contribution in [2.75, 3.05) is 7.11 Å². The van der Waals surface area contributed by atoms with Crippen LogP contribution in [-0.4, -0.2) is 7.11 Å². The molecule has 2 nitrogen and oxygen atoms in total. The van der Waals surface area contributed by atoms with E-state index >= 15 is 0 Å². The standard InChI is InChI=1S/C29H23NOPS.BrH/c1-31-29-26-18-17-22(20-30)19-27(26)33-28(29)21-32(23-11-5-2-6-12-23,24-13-7-3-8-14-24)25-15-9-4-10-16-25;/h2-19H,21H2,1H3;1H/q+1;/p-1. The minimum absolute atomic E-state index is 0. The Morgan fingerprint density at radius 1 is 0.765 bits per heavy atom. The molecule has 0 N–H and O–H groups in total. The summed E-state index contributed by atoms with van der Waals surface area (Å²) in [4.78, 5) is 1.22. The highest BCUT2D eigenvalue weighted by atomic mass is 79.9. The molecule has 0 saturated heterocycles. The first-order valence-corrected chi connectivity index (χ1v) is 13.6. The van der Waals surface area contributed by atoms with Crippen LogP contribution in [0.5, 0.6) is 5.75 Å². The minimum atomic E-state index is -2.02. The van der Waals surface area contributed by atoms with Gasteiger partial charge in [0, 0.05) is 10.1 Å². The van der Waals surface area contributed by atoms with E-state index in [9.17, 15) is 5.26 Å². The Labute approximate surface area is 215 Å². The second-order valence-electron chi connectivity index (χ2n) is 7.86. The smallest absolute Gasteiger partial charge is 0.144 e. The quantitative estimate of drug-likeness (QED) is 0.308. The third-order valence-corrected chi connectivity index (χ3v) is 11.7. The fourth-order valence-corrected chi connectivity index (χ4v) is 10.4. The predicted octanol–water partition coefficient (Wildman–Crippen LogP) is 3.28. The van der Waals surface area contributed by atoms with Gasteiger partial charge in [-0.05, 0) is 54.6 Å². The van der Waals surface area contributed by atoms with Crippen molar-refractivity contribution >= 4 is 44.6 Å². The molecule has 5 aromatic rings. The van der Waals surface area contributed by atoms with E-state index < -0.39 is 7.26 Å². The average molecular weight is 544 g/mol. The van der Waals surface area contributed by atoms with Crippen molar-refractivity contribution in [3.05, 3.63) is 120 Å². The second-order valence-corrected chi connectivity index (χ2v) is 12.5. The molecule has 1 aromatic heterocycles. The summed E-state index contributed by atoms with van der Waals surface area (Å²) in [6.07, 6.45) is 0.857. The maximum absolute atomic E-state index is 9.39. The number of nitriles is 1.